The van der Waals surface area contributed by atoms with Gasteiger partial charge in [-0.05, 0) is 42.4 Å². The van der Waals surface area contributed by atoms with E-state index in [1.54, 1.807) is 18.2 Å². The summed E-state index contributed by atoms with van der Waals surface area (Å²) in [5, 5.41) is 9.72. The third-order valence-corrected chi connectivity index (χ3v) is 4.96. The largest absolute Gasteiger partial charge is 0.491 e. The molecule has 0 aliphatic carbocycles. The monoisotopic (exact) mass is 368 g/mol. The summed E-state index contributed by atoms with van der Waals surface area (Å²) < 4.78 is 16.0. The molecular formula is C19H21BN2O5. The Labute approximate surface area is 158 Å². The lowest BCUT2D eigenvalue weighted by atomic mass is 9.80. The van der Waals surface area contributed by atoms with Gasteiger partial charge in [-0.3, -0.25) is 0 Å². The van der Waals surface area contributed by atoms with Gasteiger partial charge in [0.15, 0.2) is 0 Å². The van der Waals surface area contributed by atoms with Crippen LogP contribution < -0.4 is 15.1 Å². The first-order valence-corrected chi connectivity index (χ1v) is 9.09. The molecule has 2 aromatic rings. The summed E-state index contributed by atoms with van der Waals surface area (Å²) >= 11 is 0. The van der Waals surface area contributed by atoms with E-state index in [4.69, 9.17) is 14.1 Å². The van der Waals surface area contributed by atoms with Crippen LogP contribution in [0.1, 0.15) is 35.2 Å². The summed E-state index contributed by atoms with van der Waals surface area (Å²) in [6.45, 7) is 2.13. The minimum atomic E-state index is -0.878. The highest BCUT2D eigenvalue weighted by atomic mass is 16.5. The number of piperidine rings is 1. The molecule has 1 saturated heterocycles. The van der Waals surface area contributed by atoms with Crippen LogP contribution in [0.2, 0.25) is 0 Å². The maximum absolute atomic E-state index is 12.1. The average molecular weight is 368 g/mol. The molecule has 1 N–H and O–H groups in total. The molecule has 0 unspecified atom stereocenters. The fourth-order valence-corrected chi connectivity index (χ4v) is 3.54. The predicted molar refractivity (Wildman–Crippen MR) is 101 cm³/mol. The Bertz CT molecular complexity index is 854. The Hall–Kier alpha value is -2.58. The van der Waals surface area contributed by atoms with Crippen LogP contribution in [-0.2, 0) is 16.0 Å². The van der Waals surface area contributed by atoms with E-state index in [2.05, 4.69) is 9.88 Å². The highest BCUT2D eigenvalue weighted by Crippen LogP contribution is 2.30. The van der Waals surface area contributed by atoms with E-state index in [1.165, 1.54) is 19.7 Å². The van der Waals surface area contributed by atoms with E-state index in [0.29, 0.717) is 23.8 Å². The Morgan fingerprint density at radius 3 is 2.85 bits per heavy atom. The van der Waals surface area contributed by atoms with Crippen molar-refractivity contribution in [1.29, 1.82) is 0 Å². The van der Waals surface area contributed by atoms with Gasteiger partial charge in [-0.15, -0.1) is 0 Å². The molecule has 140 valence electrons. The number of hydrogen-bond donors (Lipinski definition) is 1. The molecule has 2 aliphatic heterocycles. The van der Waals surface area contributed by atoms with Crippen molar-refractivity contribution in [2.75, 3.05) is 25.1 Å². The molecule has 7 nitrogen and oxygen atoms in total. The van der Waals surface area contributed by atoms with Crippen LogP contribution in [0.3, 0.4) is 0 Å². The van der Waals surface area contributed by atoms with Crippen molar-refractivity contribution >= 4 is 24.2 Å². The number of methoxy groups -OCH3 is 1. The number of carbonyl (C=O) groups is 1. The second kappa shape index (κ2) is 7.58. The van der Waals surface area contributed by atoms with Crippen molar-refractivity contribution in [2.45, 2.75) is 25.9 Å². The summed E-state index contributed by atoms with van der Waals surface area (Å²) in [6.07, 6.45) is 4.88. The summed E-state index contributed by atoms with van der Waals surface area (Å²) in [6, 6.07) is 7.18. The molecular weight excluding hydrogens is 347 g/mol. The number of anilines is 1. The van der Waals surface area contributed by atoms with Crippen molar-refractivity contribution in [1.82, 2.24) is 4.98 Å². The molecule has 0 atom stereocenters. The summed E-state index contributed by atoms with van der Waals surface area (Å²) in [4.78, 5) is 18.6. The third-order valence-electron chi connectivity index (χ3n) is 4.96. The van der Waals surface area contributed by atoms with Crippen molar-refractivity contribution in [2.24, 2.45) is 0 Å². The van der Waals surface area contributed by atoms with E-state index in [-0.39, 0.29) is 0 Å². The number of nitrogens with zero attached hydrogens (tertiary/aromatic N) is 2. The minimum absolute atomic E-state index is 0.349. The molecule has 0 spiro atoms. The molecule has 1 fully saturated rings. The van der Waals surface area contributed by atoms with E-state index < -0.39 is 13.1 Å². The SMILES string of the molecule is COC(=O)c1cnc(Oc2ccc3c(c2)COB3O)cc1N1CCCCC1. The number of carbonyl (C=O) groups excluding carboxylic acids is 1. The van der Waals surface area contributed by atoms with Crippen molar-refractivity contribution in [3.05, 3.63) is 41.6 Å². The lowest BCUT2D eigenvalue weighted by Gasteiger charge is -2.30. The number of aromatic nitrogens is 1. The van der Waals surface area contributed by atoms with Gasteiger partial charge in [0, 0.05) is 25.4 Å². The lowest BCUT2D eigenvalue weighted by Crippen LogP contribution is -2.31. The third kappa shape index (κ3) is 3.63. The van der Waals surface area contributed by atoms with Crippen LogP contribution in [0.4, 0.5) is 5.69 Å². The fraction of sp³-hybridized carbons (Fsp3) is 0.368. The zero-order valence-electron chi connectivity index (χ0n) is 15.2. The fourth-order valence-electron chi connectivity index (χ4n) is 3.54. The highest BCUT2D eigenvalue weighted by Gasteiger charge is 2.27. The number of pyridine rings is 1. The van der Waals surface area contributed by atoms with E-state index in [1.807, 2.05) is 6.07 Å². The van der Waals surface area contributed by atoms with Gasteiger partial charge >= 0.3 is 13.1 Å². The van der Waals surface area contributed by atoms with Crippen LogP contribution in [0.15, 0.2) is 30.5 Å². The Balaban J connectivity index is 1.62. The summed E-state index contributed by atoms with van der Waals surface area (Å²) in [5.74, 6) is 0.607. The van der Waals surface area contributed by atoms with Crippen LogP contribution in [-0.4, -0.2) is 43.3 Å². The number of rotatable bonds is 4. The van der Waals surface area contributed by atoms with Gasteiger partial charge in [0.1, 0.15) is 11.3 Å². The molecule has 1 aromatic heterocycles. The molecule has 1 aromatic carbocycles. The second-order valence-corrected chi connectivity index (χ2v) is 6.71. The molecule has 0 radical (unpaired) electrons. The number of hydrogen-bond acceptors (Lipinski definition) is 7. The summed E-state index contributed by atoms with van der Waals surface area (Å²) in [5.41, 5.74) is 2.87. The Morgan fingerprint density at radius 1 is 1.26 bits per heavy atom. The number of benzene rings is 1. The topological polar surface area (TPSA) is 81.1 Å². The van der Waals surface area contributed by atoms with E-state index in [9.17, 15) is 9.82 Å². The first kappa shape index (κ1) is 17.8. The number of fused-ring (bicyclic) bond motifs is 1. The predicted octanol–water partition coefficient (Wildman–Crippen LogP) is 1.87. The number of ether oxygens (including phenoxy) is 2. The van der Waals surface area contributed by atoms with Gasteiger partial charge in [0.25, 0.3) is 0 Å². The lowest BCUT2D eigenvalue weighted by molar-refractivity contribution is 0.0601. The smallest absolute Gasteiger partial charge is 0.465 e. The van der Waals surface area contributed by atoms with Crippen LogP contribution in [0, 0.1) is 0 Å². The summed E-state index contributed by atoms with van der Waals surface area (Å²) in [7, 11) is 0.491. The molecule has 0 saturated carbocycles. The number of esters is 1. The van der Waals surface area contributed by atoms with Crippen molar-refractivity contribution < 1.29 is 23.9 Å². The minimum Gasteiger partial charge on any atom is -0.465 e. The molecule has 3 heterocycles. The van der Waals surface area contributed by atoms with Crippen molar-refractivity contribution in [3.63, 3.8) is 0 Å². The first-order chi connectivity index (χ1) is 13.2. The maximum atomic E-state index is 12.1. The second-order valence-electron chi connectivity index (χ2n) is 6.71. The van der Waals surface area contributed by atoms with Gasteiger partial charge in [-0.25, -0.2) is 9.78 Å². The molecule has 2 aliphatic rings. The Morgan fingerprint density at radius 2 is 2.07 bits per heavy atom. The van der Waals surface area contributed by atoms with E-state index in [0.717, 1.165) is 42.6 Å². The molecule has 4 rings (SSSR count). The molecule has 0 amide bonds. The van der Waals surface area contributed by atoms with Crippen LogP contribution in [0.5, 0.6) is 11.6 Å². The van der Waals surface area contributed by atoms with Crippen LogP contribution >= 0.6 is 0 Å². The maximum Gasteiger partial charge on any atom is 0.491 e. The quantitative estimate of drug-likeness (QED) is 0.652. The van der Waals surface area contributed by atoms with Gasteiger partial charge in [-0.2, -0.15) is 0 Å². The standard InChI is InChI=1S/C19H21BN2O5/c1-25-19(23)15-11-21-18(10-17(15)22-7-3-2-4-8-22)27-14-5-6-16-13(9-14)12-26-20(16)24/h5-6,9-11,24H,2-4,7-8,12H2,1H3. The Kier molecular flexibility index (Phi) is 5.00. The average Bonchev–Trinajstić information content (AvgIpc) is 3.08. The van der Waals surface area contributed by atoms with Gasteiger partial charge < -0.3 is 24.1 Å². The van der Waals surface area contributed by atoms with Gasteiger partial charge in [0.05, 0.1) is 19.4 Å². The first-order valence-electron chi connectivity index (χ1n) is 9.09. The normalized spacial score (nSPS) is 16.2. The molecule has 27 heavy (non-hydrogen) atoms. The van der Waals surface area contributed by atoms with Gasteiger partial charge in [0.2, 0.25) is 5.88 Å². The van der Waals surface area contributed by atoms with Crippen molar-refractivity contribution in [3.8, 4) is 11.6 Å². The van der Waals surface area contributed by atoms with Gasteiger partial charge in [-0.1, -0.05) is 6.07 Å². The zero-order valence-corrected chi connectivity index (χ0v) is 15.2. The molecule has 0 bridgehead atoms. The molecule has 8 heteroatoms. The zero-order chi connectivity index (χ0) is 18.8. The van der Waals surface area contributed by atoms with Crippen LogP contribution in [0.25, 0.3) is 0 Å². The highest BCUT2D eigenvalue weighted by molar-refractivity contribution is 6.61. The van der Waals surface area contributed by atoms with E-state index >= 15 is 0 Å².